The van der Waals surface area contributed by atoms with Gasteiger partial charge in [-0.2, -0.15) is 0 Å². The lowest BCUT2D eigenvalue weighted by Crippen LogP contribution is -2.32. The second-order valence-electron chi connectivity index (χ2n) is 6.66. The highest BCUT2D eigenvalue weighted by atomic mass is 16.7. The van der Waals surface area contributed by atoms with E-state index >= 15 is 0 Å². The van der Waals surface area contributed by atoms with Crippen LogP contribution in [0, 0.1) is 5.92 Å². The van der Waals surface area contributed by atoms with Crippen LogP contribution in [-0.2, 0) is 11.3 Å². The highest BCUT2D eigenvalue weighted by Gasteiger charge is 2.39. The van der Waals surface area contributed by atoms with Crippen LogP contribution in [0.5, 0.6) is 0 Å². The molecule has 3 aromatic rings. The third-order valence-corrected chi connectivity index (χ3v) is 4.25. The van der Waals surface area contributed by atoms with Crippen molar-refractivity contribution in [2.24, 2.45) is 5.92 Å². The zero-order valence-corrected chi connectivity index (χ0v) is 14.7. The van der Waals surface area contributed by atoms with Crippen LogP contribution in [0.15, 0.2) is 42.6 Å². The molecule has 1 aromatic carbocycles. The maximum Gasteiger partial charge on any atom is 0.367 e. The fraction of sp³-hybridized carbons (Fsp3) is 0.211. The summed E-state index contributed by atoms with van der Waals surface area (Å²) in [6.07, 6.45) is 2.45. The molecule has 0 fully saturated rings. The van der Waals surface area contributed by atoms with Gasteiger partial charge in [0, 0.05) is 12.6 Å². The van der Waals surface area contributed by atoms with Crippen LogP contribution in [0.4, 0.5) is 0 Å². The molecule has 1 aliphatic heterocycles. The summed E-state index contributed by atoms with van der Waals surface area (Å²) in [7, 11) is 0. The monoisotopic (exact) mass is 364 g/mol. The van der Waals surface area contributed by atoms with Gasteiger partial charge < -0.3 is 4.84 Å². The number of carbonyl (C=O) groups excluding carboxylic acids is 3. The number of pyridine rings is 1. The topological polar surface area (TPSA) is 93.9 Å². The van der Waals surface area contributed by atoms with Crippen LogP contribution < -0.4 is 0 Å². The van der Waals surface area contributed by atoms with Crippen molar-refractivity contribution in [2.75, 3.05) is 0 Å². The highest BCUT2D eigenvalue weighted by Crippen LogP contribution is 2.24. The number of rotatable bonds is 4. The van der Waals surface area contributed by atoms with Crippen LogP contribution in [0.1, 0.15) is 50.7 Å². The van der Waals surface area contributed by atoms with E-state index in [4.69, 9.17) is 4.84 Å². The van der Waals surface area contributed by atoms with E-state index in [0.717, 1.165) is 5.82 Å². The number of aromatic nitrogens is 3. The van der Waals surface area contributed by atoms with Crippen LogP contribution in [0.3, 0.4) is 0 Å². The van der Waals surface area contributed by atoms with E-state index in [0.29, 0.717) is 23.0 Å². The highest BCUT2D eigenvalue weighted by molar-refractivity contribution is 6.21. The number of benzene rings is 1. The smallest absolute Gasteiger partial charge is 0.324 e. The van der Waals surface area contributed by atoms with Crippen molar-refractivity contribution >= 4 is 23.4 Å². The predicted molar refractivity (Wildman–Crippen MR) is 93.9 cm³/mol. The maximum absolute atomic E-state index is 12.6. The Kier molecular flexibility index (Phi) is 3.95. The number of hydrogen-bond donors (Lipinski definition) is 0. The van der Waals surface area contributed by atoms with Crippen LogP contribution >= 0.6 is 0 Å². The Morgan fingerprint density at radius 3 is 2.33 bits per heavy atom. The Morgan fingerprint density at radius 2 is 1.70 bits per heavy atom. The van der Waals surface area contributed by atoms with Crippen molar-refractivity contribution < 1.29 is 19.2 Å². The number of nitrogens with zero attached hydrogens (tertiary/aromatic N) is 4. The van der Waals surface area contributed by atoms with Gasteiger partial charge in [0.25, 0.3) is 11.8 Å². The standard InChI is InChI=1S/C19H16N4O4/c1-11(2)10-15-20-21-16-14(8-5-9-22(15)16)19(26)27-23-17(24)12-6-3-4-7-13(12)18(23)25/h3-9,11H,10H2,1-2H3. The van der Waals surface area contributed by atoms with Crippen LogP contribution in [-0.4, -0.2) is 37.4 Å². The summed E-state index contributed by atoms with van der Waals surface area (Å²) in [4.78, 5) is 42.5. The van der Waals surface area contributed by atoms with Gasteiger partial charge in [0.2, 0.25) is 0 Å². The first-order chi connectivity index (χ1) is 13.0. The summed E-state index contributed by atoms with van der Waals surface area (Å²) in [5.41, 5.74) is 0.844. The van der Waals surface area contributed by atoms with Gasteiger partial charge in [-0.3, -0.25) is 14.0 Å². The molecule has 2 aromatic heterocycles. The first kappa shape index (κ1) is 16.9. The predicted octanol–water partition coefficient (Wildman–Crippen LogP) is 2.30. The van der Waals surface area contributed by atoms with Gasteiger partial charge >= 0.3 is 5.97 Å². The SMILES string of the molecule is CC(C)Cc1nnc2c(C(=O)ON3C(=O)c4ccccc4C3=O)cccn12. The molecule has 4 rings (SSSR count). The van der Waals surface area contributed by atoms with Crippen molar-refractivity contribution in [3.05, 3.63) is 65.1 Å². The van der Waals surface area contributed by atoms with Crippen LogP contribution in [0.25, 0.3) is 5.65 Å². The molecule has 0 bridgehead atoms. The summed E-state index contributed by atoms with van der Waals surface area (Å²) in [6, 6.07) is 9.50. The van der Waals surface area contributed by atoms with Gasteiger partial charge in [0.15, 0.2) is 5.65 Å². The molecule has 0 unspecified atom stereocenters. The van der Waals surface area contributed by atoms with E-state index in [1.807, 2.05) is 0 Å². The Bertz CT molecular complexity index is 1050. The van der Waals surface area contributed by atoms with E-state index in [2.05, 4.69) is 24.0 Å². The summed E-state index contributed by atoms with van der Waals surface area (Å²) in [5, 5.41) is 8.69. The Morgan fingerprint density at radius 1 is 1.04 bits per heavy atom. The third-order valence-electron chi connectivity index (χ3n) is 4.25. The quantitative estimate of drug-likeness (QED) is 0.660. The molecule has 2 amide bonds. The van der Waals surface area contributed by atoms with E-state index in [-0.39, 0.29) is 16.7 Å². The minimum atomic E-state index is -0.849. The zero-order valence-electron chi connectivity index (χ0n) is 14.7. The van der Waals surface area contributed by atoms with E-state index in [1.165, 1.54) is 18.2 Å². The molecule has 8 nitrogen and oxygen atoms in total. The molecular formula is C19H16N4O4. The summed E-state index contributed by atoms with van der Waals surface area (Å²) in [6.45, 7) is 4.11. The minimum Gasteiger partial charge on any atom is -0.324 e. The molecule has 27 heavy (non-hydrogen) atoms. The molecule has 0 saturated heterocycles. The lowest BCUT2D eigenvalue weighted by molar-refractivity contribution is -0.0583. The molecule has 0 atom stereocenters. The van der Waals surface area contributed by atoms with Gasteiger partial charge in [-0.15, -0.1) is 10.2 Å². The molecule has 0 aliphatic carbocycles. The average Bonchev–Trinajstić information content (AvgIpc) is 3.16. The normalized spacial score (nSPS) is 13.5. The molecule has 8 heteroatoms. The van der Waals surface area contributed by atoms with Gasteiger partial charge in [-0.1, -0.05) is 31.0 Å². The van der Waals surface area contributed by atoms with Crippen LogP contribution in [0.2, 0.25) is 0 Å². The number of hydrogen-bond acceptors (Lipinski definition) is 6. The molecule has 0 saturated carbocycles. The van der Waals surface area contributed by atoms with Crippen molar-refractivity contribution in [3.8, 4) is 0 Å². The molecule has 0 N–H and O–H groups in total. The molecular weight excluding hydrogens is 348 g/mol. The zero-order chi connectivity index (χ0) is 19.1. The number of amides is 2. The van der Waals surface area contributed by atoms with Crippen molar-refractivity contribution in [2.45, 2.75) is 20.3 Å². The third kappa shape index (κ3) is 2.75. The lowest BCUT2D eigenvalue weighted by Gasteiger charge is -2.13. The molecule has 0 radical (unpaired) electrons. The molecule has 0 spiro atoms. The number of carbonyl (C=O) groups is 3. The fourth-order valence-electron chi connectivity index (χ4n) is 3.01. The molecule has 136 valence electrons. The van der Waals surface area contributed by atoms with Gasteiger partial charge in [-0.05, 0) is 30.2 Å². The molecule has 1 aliphatic rings. The summed E-state index contributed by atoms with van der Waals surface area (Å²) in [5.74, 6) is -1.10. The van der Waals surface area contributed by atoms with Gasteiger partial charge in [0.1, 0.15) is 11.4 Å². The second kappa shape index (κ2) is 6.31. The van der Waals surface area contributed by atoms with Crippen molar-refractivity contribution in [3.63, 3.8) is 0 Å². The van der Waals surface area contributed by atoms with Crippen molar-refractivity contribution in [1.82, 2.24) is 19.7 Å². The number of fused-ring (bicyclic) bond motifs is 2. The Labute approximate surface area is 154 Å². The van der Waals surface area contributed by atoms with E-state index in [9.17, 15) is 14.4 Å². The van der Waals surface area contributed by atoms with E-state index in [1.54, 1.807) is 28.8 Å². The Balaban J connectivity index is 1.64. The Hall–Kier alpha value is -3.55. The number of imide groups is 1. The maximum atomic E-state index is 12.6. The first-order valence-electron chi connectivity index (χ1n) is 8.50. The van der Waals surface area contributed by atoms with Gasteiger partial charge in [-0.25, -0.2) is 4.79 Å². The van der Waals surface area contributed by atoms with Gasteiger partial charge in [0.05, 0.1) is 11.1 Å². The largest absolute Gasteiger partial charge is 0.367 e. The minimum absolute atomic E-state index is 0.122. The molecule has 3 heterocycles. The van der Waals surface area contributed by atoms with Crippen molar-refractivity contribution in [1.29, 1.82) is 0 Å². The summed E-state index contributed by atoms with van der Waals surface area (Å²) < 4.78 is 1.71. The second-order valence-corrected chi connectivity index (χ2v) is 6.66. The number of hydroxylamine groups is 2. The lowest BCUT2D eigenvalue weighted by atomic mass is 10.1. The summed E-state index contributed by atoms with van der Waals surface area (Å²) >= 11 is 0. The fourth-order valence-corrected chi connectivity index (χ4v) is 3.01. The average molecular weight is 364 g/mol. The van der Waals surface area contributed by atoms with E-state index < -0.39 is 17.8 Å². The first-order valence-corrected chi connectivity index (χ1v) is 8.50.